The molecule has 0 spiro atoms. The molecule has 0 saturated heterocycles. The van der Waals surface area contributed by atoms with Gasteiger partial charge in [-0.05, 0) is 73.4 Å². The average molecular weight is 503 g/mol. The number of methoxy groups -OCH3 is 1. The van der Waals surface area contributed by atoms with E-state index >= 15 is 0 Å². The third-order valence-corrected chi connectivity index (χ3v) is 6.74. The van der Waals surface area contributed by atoms with Crippen molar-refractivity contribution >= 4 is 45.4 Å². The summed E-state index contributed by atoms with van der Waals surface area (Å²) in [5.74, 6) is 0.800. The summed E-state index contributed by atoms with van der Waals surface area (Å²) >= 11 is 1.66. The topological polar surface area (TPSA) is 79.5 Å². The van der Waals surface area contributed by atoms with Gasteiger partial charge in [0.15, 0.2) is 0 Å². The van der Waals surface area contributed by atoms with Crippen LogP contribution in [0.1, 0.15) is 32.9 Å². The zero-order chi connectivity index (χ0) is 25.3. The zero-order valence-corrected chi connectivity index (χ0v) is 21.7. The molecule has 186 valence electrons. The number of nitrogens with zero attached hydrogens (tertiary/aromatic N) is 2. The molecule has 2 N–H and O–H groups in total. The van der Waals surface area contributed by atoms with Crippen LogP contribution in [0, 0.1) is 0 Å². The Morgan fingerprint density at radius 3 is 2.75 bits per heavy atom. The van der Waals surface area contributed by atoms with E-state index in [-0.39, 0.29) is 6.09 Å². The lowest BCUT2D eigenvalue weighted by atomic mass is 10.0. The number of ether oxygens (including phenoxy) is 2. The molecule has 4 heterocycles. The Balaban J connectivity index is 1.40. The summed E-state index contributed by atoms with van der Waals surface area (Å²) in [4.78, 5) is 22.1. The van der Waals surface area contributed by atoms with Crippen molar-refractivity contribution in [3.05, 3.63) is 65.1 Å². The molecule has 0 saturated carbocycles. The van der Waals surface area contributed by atoms with E-state index in [9.17, 15) is 4.79 Å². The van der Waals surface area contributed by atoms with Crippen LogP contribution < -0.4 is 10.1 Å². The summed E-state index contributed by atoms with van der Waals surface area (Å²) in [6, 6.07) is 12.3. The quantitative estimate of drug-likeness (QED) is 0.305. The Morgan fingerprint density at radius 1 is 1.19 bits per heavy atom. The molecule has 0 aliphatic carbocycles. The first-order valence-corrected chi connectivity index (χ1v) is 12.9. The fourth-order valence-corrected chi connectivity index (χ4v) is 5.02. The van der Waals surface area contributed by atoms with Crippen LogP contribution in [-0.4, -0.2) is 46.8 Å². The Kier molecular flexibility index (Phi) is 6.45. The van der Waals surface area contributed by atoms with Crippen LogP contribution >= 0.6 is 11.3 Å². The molecular formula is C28H30N4O3S. The second kappa shape index (κ2) is 9.70. The van der Waals surface area contributed by atoms with E-state index in [0.29, 0.717) is 13.1 Å². The highest BCUT2D eigenvalue weighted by molar-refractivity contribution is 7.08. The minimum atomic E-state index is -0.501. The number of aromatic nitrogens is 2. The minimum absolute atomic E-state index is 0.277. The number of aromatic amines is 1. The lowest BCUT2D eigenvalue weighted by Crippen LogP contribution is -2.39. The first-order chi connectivity index (χ1) is 17.3. The molecule has 36 heavy (non-hydrogen) atoms. The summed E-state index contributed by atoms with van der Waals surface area (Å²) < 4.78 is 11.3. The SMILES string of the molecule is COc1c(Nc2ccnc3[nH]c(C4=CCN(C(=O)OC(C)(C)C)CC4)cc23)cccc1-c1ccsc1. The minimum Gasteiger partial charge on any atom is -0.494 e. The summed E-state index contributed by atoms with van der Waals surface area (Å²) in [7, 11) is 1.70. The molecular weight excluding hydrogens is 472 g/mol. The van der Waals surface area contributed by atoms with Crippen LogP contribution in [-0.2, 0) is 4.74 Å². The number of carbonyl (C=O) groups excluding carboxylic acids is 1. The molecule has 1 aromatic carbocycles. The number of H-pyrrole nitrogens is 1. The lowest BCUT2D eigenvalue weighted by Gasteiger charge is -2.29. The number of rotatable bonds is 5. The lowest BCUT2D eigenvalue weighted by molar-refractivity contribution is 0.0270. The van der Waals surface area contributed by atoms with Gasteiger partial charge in [0.1, 0.15) is 17.0 Å². The molecule has 1 aliphatic rings. The third-order valence-electron chi connectivity index (χ3n) is 6.06. The van der Waals surface area contributed by atoms with Crippen molar-refractivity contribution in [3.8, 4) is 16.9 Å². The maximum Gasteiger partial charge on any atom is 0.410 e. The summed E-state index contributed by atoms with van der Waals surface area (Å²) in [5.41, 5.74) is 6.49. The maximum absolute atomic E-state index is 12.4. The van der Waals surface area contributed by atoms with E-state index in [2.05, 4.69) is 50.3 Å². The van der Waals surface area contributed by atoms with Crippen molar-refractivity contribution in [1.82, 2.24) is 14.9 Å². The number of anilines is 2. The molecule has 0 bridgehead atoms. The van der Waals surface area contributed by atoms with Crippen molar-refractivity contribution < 1.29 is 14.3 Å². The fourth-order valence-electron chi connectivity index (χ4n) is 4.36. The normalized spacial score (nSPS) is 14.0. The van der Waals surface area contributed by atoms with Gasteiger partial charge in [0.2, 0.25) is 0 Å². The van der Waals surface area contributed by atoms with E-state index in [4.69, 9.17) is 9.47 Å². The highest BCUT2D eigenvalue weighted by Gasteiger charge is 2.24. The smallest absolute Gasteiger partial charge is 0.410 e. The van der Waals surface area contributed by atoms with E-state index in [1.807, 2.05) is 39.0 Å². The standard InChI is InChI=1S/C28H30N4O3S/c1-28(2,3)35-27(33)32-13-9-18(10-14-32)24-16-21-22(8-12-29-26(21)31-24)30-23-7-5-6-20(25(23)34-4)19-11-15-36-17-19/h5-9,11-12,15-17H,10,13-14H2,1-4H3,(H2,29,30,31). The van der Waals surface area contributed by atoms with E-state index in [1.54, 1.807) is 29.5 Å². The molecule has 0 atom stereocenters. The van der Waals surface area contributed by atoms with Gasteiger partial charge in [-0.1, -0.05) is 18.2 Å². The number of carbonyl (C=O) groups is 1. The summed E-state index contributed by atoms with van der Waals surface area (Å²) in [5, 5.41) is 8.73. The van der Waals surface area contributed by atoms with Crippen LogP contribution in [0.3, 0.4) is 0 Å². The Bertz CT molecular complexity index is 1420. The zero-order valence-electron chi connectivity index (χ0n) is 20.9. The van der Waals surface area contributed by atoms with Crippen molar-refractivity contribution in [2.24, 2.45) is 0 Å². The average Bonchev–Trinajstić information content (AvgIpc) is 3.54. The third kappa shape index (κ3) is 4.95. The predicted molar refractivity (Wildman–Crippen MR) is 146 cm³/mol. The highest BCUT2D eigenvalue weighted by atomic mass is 32.1. The van der Waals surface area contributed by atoms with Crippen LogP contribution in [0.4, 0.5) is 16.2 Å². The van der Waals surface area contributed by atoms with Crippen LogP contribution in [0.5, 0.6) is 5.75 Å². The molecule has 5 rings (SSSR count). The number of fused-ring (bicyclic) bond motifs is 1. The highest BCUT2D eigenvalue weighted by Crippen LogP contribution is 2.39. The molecule has 1 aliphatic heterocycles. The number of thiophene rings is 1. The predicted octanol–water partition coefficient (Wildman–Crippen LogP) is 7.07. The fraction of sp³-hybridized carbons (Fsp3) is 0.286. The van der Waals surface area contributed by atoms with Crippen molar-refractivity contribution in [2.45, 2.75) is 32.8 Å². The largest absolute Gasteiger partial charge is 0.494 e. The van der Waals surface area contributed by atoms with Crippen LogP contribution in [0.2, 0.25) is 0 Å². The van der Waals surface area contributed by atoms with Crippen molar-refractivity contribution in [2.75, 3.05) is 25.5 Å². The molecule has 3 aromatic heterocycles. The number of hydrogen-bond acceptors (Lipinski definition) is 6. The summed E-state index contributed by atoms with van der Waals surface area (Å²) in [6.45, 7) is 6.78. The van der Waals surface area contributed by atoms with Crippen molar-refractivity contribution in [1.29, 1.82) is 0 Å². The number of hydrogen-bond donors (Lipinski definition) is 2. The van der Waals surface area contributed by atoms with Gasteiger partial charge < -0.3 is 24.7 Å². The number of nitrogens with one attached hydrogen (secondary N) is 2. The monoisotopic (exact) mass is 502 g/mol. The van der Waals surface area contributed by atoms with Crippen LogP contribution in [0.25, 0.3) is 27.7 Å². The molecule has 0 radical (unpaired) electrons. The molecule has 7 nitrogen and oxygen atoms in total. The van der Waals surface area contributed by atoms with E-state index in [0.717, 1.165) is 57.0 Å². The van der Waals surface area contributed by atoms with Gasteiger partial charge in [-0.15, -0.1) is 0 Å². The Hall–Kier alpha value is -3.78. The van der Waals surface area contributed by atoms with Gasteiger partial charge >= 0.3 is 6.09 Å². The number of benzene rings is 1. The van der Waals surface area contributed by atoms with Crippen molar-refractivity contribution in [3.63, 3.8) is 0 Å². The van der Waals surface area contributed by atoms with Crippen LogP contribution in [0.15, 0.2) is 59.4 Å². The van der Waals surface area contributed by atoms with Gasteiger partial charge in [-0.3, -0.25) is 0 Å². The maximum atomic E-state index is 12.4. The van der Waals surface area contributed by atoms with E-state index in [1.165, 1.54) is 0 Å². The molecule has 1 amide bonds. The number of pyridine rings is 1. The van der Waals surface area contributed by atoms with Gasteiger partial charge in [-0.2, -0.15) is 11.3 Å². The molecule has 0 unspecified atom stereocenters. The Morgan fingerprint density at radius 2 is 2.06 bits per heavy atom. The number of para-hydroxylation sites is 1. The van der Waals surface area contributed by atoms with E-state index < -0.39 is 5.60 Å². The van der Waals surface area contributed by atoms with Gasteiger partial charge in [0.05, 0.1) is 18.5 Å². The van der Waals surface area contributed by atoms with Gasteiger partial charge in [0, 0.05) is 35.9 Å². The molecule has 0 fully saturated rings. The molecule has 4 aromatic rings. The summed E-state index contributed by atoms with van der Waals surface area (Å²) in [6.07, 6.45) is 4.34. The Labute approximate surface area is 214 Å². The van der Waals surface area contributed by atoms with Gasteiger partial charge in [0.25, 0.3) is 0 Å². The molecule has 8 heteroatoms. The van der Waals surface area contributed by atoms with Gasteiger partial charge in [-0.25, -0.2) is 9.78 Å². The first kappa shape index (κ1) is 23.9. The second-order valence-corrected chi connectivity index (χ2v) is 10.5. The number of amides is 1. The second-order valence-electron chi connectivity index (χ2n) is 9.73. The first-order valence-electron chi connectivity index (χ1n) is 11.9.